The minimum Gasteiger partial charge on any atom is -0.766 e. The van der Waals surface area contributed by atoms with Crippen LogP contribution in [-0.2, 0) is 141 Å². The molecule has 5 heterocycles. The van der Waals surface area contributed by atoms with Crippen molar-refractivity contribution in [1.29, 1.82) is 0 Å². The third-order valence-corrected chi connectivity index (χ3v) is 24.2. The molecule has 92 heavy (non-hydrogen) atoms. The van der Waals surface area contributed by atoms with E-state index in [1.807, 2.05) is 0 Å². The molecule has 0 radical (unpaired) electrons. The molecule has 2 aromatic rings. The van der Waals surface area contributed by atoms with Gasteiger partial charge in [-0.3, -0.25) is 92.9 Å². The Hall–Kier alpha value is -3.31. The van der Waals surface area contributed by atoms with Crippen LogP contribution in [-0.4, -0.2) is 190 Å². The average molecular weight is 1500 g/mol. The molecule has 45 nitrogen and oxygen atoms in total. The van der Waals surface area contributed by atoms with Gasteiger partial charge in [0.15, 0.2) is 0 Å². The minimum atomic E-state index is -5.05. The molecule has 0 aliphatic carbocycles. The molecular formula is C39H72N5O40P8-. The first kappa shape index (κ1) is 86.7. The number of H-pyrrole nitrogens is 2. The third kappa shape index (κ3) is 29.2. The second-order valence-corrected chi connectivity index (χ2v) is 31.8. The molecule has 12 atom stereocenters. The molecule has 0 aromatic carbocycles. The number of rotatable bonds is 28. The number of aromatic amines is 2. The number of carboxylic acids is 1. The number of carbonyl (C=O) groups is 3. The zero-order chi connectivity index (χ0) is 71.0. The van der Waals surface area contributed by atoms with Crippen molar-refractivity contribution in [1.82, 2.24) is 23.8 Å². The molecule has 0 spiro atoms. The number of hydrogen-bond acceptors (Lipinski definition) is 38. The quantitative estimate of drug-likeness (QED) is 0.0667. The first-order valence-corrected chi connectivity index (χ1v) is 36.8. The van der Waals surface area contributed by atoms with Crippen molar-refractivity contribution in [3.8, 4) is 0 Å². The van der Waals surface area contributed by atoms with Crippen LogP contribution in [0.5, 0.6) is 0 Å². The second-order valence-electron chi connectivity index (χ2n) is 17.3. The summed E-state index contributed by atoms with van der Waals surface area (Å²) in [7, 11) is -27.2. The molecule has 0 saturated carbocycles. The Morgan fingerprint density at radius 1 is 0.543 bits per heavy atom. The van der Waals surface area contributed by atoms with Crippen LogP contribution in [0.15, 0.2) is 31.6 Å². The molecule has 3 saturated heterocycles. The average Bonchev–Trinajstić information content (AvgIpc) is 1.55. The van der Waals surface area contributed by atoms with Gasteiger partial charge in [-0.25, -0.2) is 46.2 Å². The van der Waals surface area contributed by atoms with Gasteiger partial charge in [0, 0.05) is 134 Å². The van der Waals surface area contributed by atoms with Gasteiger partial charge >= 0.3 is 78.1 Å². The Balaban J connectivity index is 0.000000648. The highest BCUT2D eigenvalue weighted by Gasteiger charge is 2.49. The fourth-order valence-corrected chi connectivity index (χ4v) is 16.5. The first-order chi connectivity index (χ1) is 42.4. The summed E-state index contributed by atoms with van der Waals surface area (Å²) in [6.07, 6.45) is -3.61. The number of phosphoric acid groups is 7. The van der Waals surface area contributed by atoms with Gasteiger partial charge in [0.05, 0.1) is 38.6 Å². The van der Waals surface area contributed by atoms with Gasteiger partial charge in [-0.2, -0.15) is 17.2 Å². The maximum Gasteiger partial charge on any atom is 0.540 e. The molecule has 0 amide bonds. The van der Waals surface area contributed by atoms with E-state index in [1.165, 1.54) is 35.5 Å². The lowest BCUT2D eigenvalue weighted by Crippen LogP contribution is -2.39. The van der Waals surface area contributed by atoms with Crippen LogP contribution in [0.2, 0.25) is 0 Å². The number of ether oxygens (including phenoxy) is 3. The largest absolute Gasteiger partial charge is 0.766 e. The lowest BCUT2D eigenvalue weighted by atomic mass is 10.2. The maximum absolute atomic E-state index is 12.8. The summed E-state index contributed by atoms with van der Waals surface area (Å²) in [6, 6.07) is 0. The number of phosphoric ester groups is 6. The monoisotopic (exact) mass is 1500 g/mol. The normalized spacial score (nSPS) is 23.1. The standard InChI is InChI=1S/C15H25N2O15P3.C14H22N3O8P.C5H12O8P2.C3H10O7P2.C2H4O2/c1-9-7-17(15(21)16-14(9)20)13-6-11(19)12(29-13)8-28-33(22,25-3)31-35(24,27-5)32-34(23,26-4)30-10(2)18;1-9-7-17(14(20)15-13(9)19)12-6-10(18)11(25-12)8-24-26(21,22)16-2-4-23-5-3-16;1-5(6)12-15(8,11-4)13-14(7,9-2)10-3;1-7-11(4,5)10-12(6,8-2)9-3;1-2(3)4/h7,11-13,19H,6,8H2,1-5H3,(H,16,20,21);7,10-12,18H,2-6,8H2,1H3,(H,21,22)(H,15,19,20);1-4H3;1-3H3,(H,4,5);1H3,(H,3,4)/p-1/t11?,12-,13-,33?,34?,35?;10?,11-,12-;;;/m11.../s1. The molecule has 3 aliphatic heterocycles. The molecule has 3 aliphatic rings. The van der Waals surface area contributed by atoms with Crippen LogP contribution in [0.3, 0.4) is 0 Å². The van der Waals surface area contributed by atoms with E-state index in [4.69, 9.17) is 42.4 Å². The number of hydrogen-bond donors (Lipinski definition) is 6. The van der Waals surface area contributed by atoms with Crippen molar-refractivity contribution >= 4 is 80.4 Å². The van der Waals surface area contributed by atoms with Crippen LogP contribution in [0.1, 0.15) is 57.2 Å². The Bertz CT molecular complexity index is 3390. The van der Waals surface area contributed by atoms with Gasteiger partial charge in [-0.15, -0.1) is 0 Å². The smallest absolute Gasteiger partial charge is 0.540 e. The number of morpholine rings is 1. The van der Waals surface area contributed by atoms with E-state index >= 15 is 0 Å². The number of aromatic nitrogens is 4. The summed E-state index contributed by atoms with van der Waals surface area (Å²) >= 11 is 0. The van der Waals surface area contributed by atoms with Gasteiger partial charge in [0.2, 0.25) is 7.75 Å². The summed E-state index contributed by atoms with van der Waals surface area (Å²) in [5.74, 6) is -2.87. The van der Waals surface area contributed by atoms with Crippen LogP contribution in [0.25, 0.3) is 0 Å². The molecule has 53 heteroatoms. The van der Waals surface area contributed by atoms with Gasteiger partial charge < -0.3 is 52.9 Å². The second kappa shape index (κ2) is 38.6. The zero-order valence-electron chi connectivity index (χ0n) is 51.2. The maximum atomic E-state index is 12.8. The Labute approximate surface area is 522 Å². The predicted octanol–water partition coefficient (Wildman–Crippen LogP) is 2.64. The van der Waals surface area contributed by atoms with Crippen LogP contribution >= 0.6 is 62.5 Å². The van der Waals surface area contributed by atoms with Crippen LogP contribution in [0, 0.1) is 13.8 Å². The van der Waals surface area contributed by atoms with Crippen LogP contribution < -0.4 is 27.4 Å². The predicted molar refractivity (Wildman–Crippen MR) is 303 cm³/mol. The van der Waals surface area contributed by atoms with Gasteiger partial charge in [0.1, 0.15) is 24.7 Å². The van der Waals surface area contributed by atoms with E-state index in [-0.39, 0.29) is 38.1 Å². The fourth-order valence-electron chi connectivity index (χ4n) is 6.37. The highest BCUT2D eigenvalue weighted by molar-refractivity contribution is 7.68. The van der Waals surface area contributed by atoms with E-state index in [0.717, 1.165) is 89.3 Å². The van der Waals surface area contributed by atoms with Gasteiger partial charge in [0.25, 0.3) is 17.1 Å². The lowest BCUT2D eigenvalue weighted by Gasteiger charge is -2.37. The summed E-state index contributed by atoms with van der Waals surface area (Å²) in [6.45, 7) is 5.92. The van der Waals surface area contributed by atoms with Crippen molar-refractivity contribution < 1.29 is 166 Å². The number of nitrogens with zero attached hydrogens (tertiary/aromatic N) is 3. The highest BCUT2D eigenvalue weighted by Crippen LogP contribution is 2.72. The number of nitrogens with one attached hydrogen (secondary N) is 2. The molecule has 0 bridgehead atoms. The molecule has 8 unspecified atom stereocenters. The number of aliphatic hydroxyl groups is 2. The Morgan fingerprint density at radius 2 is 0.870 bits per heavy atom. The SMILES string of the molecule is CC(=O)O.COP(=O)(O)OP(=O)(OC)OC.COP(=O)(OC)OP(=O)(OC)OC(C)=O.COP(=O)(OC[C@H]1O[C@@H](n2cc(C)c(=O)[nH]c2=O)CC1O)OP(=O)(OC)OP(=O)(OC)OC(C)=O.Cc1cn([C@H]2CC(O)[C@@H](COP(=O)([O-])N3CCOCC3)O2)c(=O)[nH]c1=O. The lowest BCUT2D eigenvalue weighted by molar-refractivity contribution is -0.218. The third-order valence-electron chi connectivity index (χ3n) is 10.8. The van der Waals surface area contributed by atoms with E-state index in [2.05, 4.69) is 72.7 Å². The summed E-state index contributed by atoms with van der Waals surface area (Å²) in [4.78, 5) is 103. The zero-order valence-corrected chi connectivity index (χ0v) is 58.3. The molecule has 5 rings (SSSR count). The first-order valence-electron chi connectivity index (χ1n) is 25.0. The number of carboxylic acid groups (broad SMARTS) is 1. The van der Waals surface area contributed by atoms with Crippen molar-refractivity contribution in [2.75, 3.05) is 104 Å². The molecule has 6 N–H and O–H groups in total. The minimum absolute atomic E-state index is 0.0696. The van der Waals surface area contributed by atoms with Gasteiger partial charge in [-0.1, -0.05) is 0 Å². The summed E-state index contributed by atoms with van der Waals surface area (Å²) in [5, 5.41) is 27.8. The van der Waals surface area contributed by atoms with Crippen molar-refractivity contribution in [2.45, 2.75) is 84.3 Å². The number of carbonyl (C=O) groups excluding carboxylic acids is 2. The van der Waals surface area contributed by atoms with Crippen molar-refractivity contribution in [3.05, 3.63) is 65.2 Å². The van der Waals surface area contributed by atoms with Crippen molar-refractivity contribution in [2.24, 2.45) is 0 Å². The molecule has 2 aromatic heterocycles. The number of aliphatic hydroxyl groups excluding tert-OH is 2. The molecule has 3 fully saturated rings. The molecule has 534 valence electrons. The van der Waals surface area contributed by atoms with E-state index in [1.54, 1.807) is 0 Å². The summed E-state index contributed by atoms with van der Waals surface area (Å²) < 4.78 is 190. The van der Waals surface area contributed by atoms with Gasteiger partial charge in [-0.05, 0) is 13.8 Å². The topological polar surface area (TPSA) is 589 Å². The van der Waals surface area contributed by atoms with Crippen molar-refractivity contribution in [3.63, 3.8) is 0 Å². The van der Waals surface area contributed by atoms with E-state index in [9.17, 15) is 80.4 Å². The van der Waals surface area contributed by atoms with E-state index < -0.39 is 146 Å². The van der Waals surface area contributed by atoms with E-state index in [0.29, 0.717) is 18.8 Å². The molecular weight excluding hydrogens is 1430 g/mol. The van der Waals surface area contributed by atoms with Crippen LogP contribution in [0.4, 0.5) is 0 Å². The Morgan fingerprint density at radius 3 is 1.21 bits per heavy atom. The Kier molecular flexibility index (Phi) is 36.4. The fraction of sp³-hybridized carbons (Fsp3) is 0.718. The highest BCUT2D eigenvalue weighted by atomic mass is 31.3. The number of aryl methyl sites for hydroxylation is 2. The number of aliphatic carboxylic acids is 1. The summed E-state index contributed by atoms with van der Waals surface area (Å²) in [5.41, 5.74) is -1.99.